The van der Waals surface area contributed by atoms with E-state index in [2.05, 4.69) is 29.1 Å². The number of benzene rings is 1. The lowest BCUT2D eigenvalue weighted by molar-refractivity contribution is 0.528. The fraction of sp³-hybridized carbons (Fsp3) is 0.429. The molecular weight excluding hydrogens is 210 g/mol. The van der Waals surface area contributed by atoms with Crippen molar-refractivity contribution in [1.82, 2.24) is 15.3 Å². The number of aryl methyl sites for hydroxylation is 1. The Labute approximate surface area is 102 Å². The minimum atomic E-state index is 0.535. The van der Waals surface area contributed by atoms with Crippen LogP contribution in [0.25, 0.3) is 11.0 Å². The van der Waals surface area contributed by atoms with E-state index in [4.69, 9.17) is 0 Å². The zero-order valence-electron chi connectivity index (χ0n) is 10.5. The molecule has 0 aliphatic carbocycles. The van der Waals surface area contributed by atoms with Crippen molar-refractivity contribution in [2.24, 2.45) is 0 Å². The van der Waals surface area contributed by atoms with Gasteiger partial charge in [-0.2, -0.15) is 0 Å². The Hall–Kier alpha value is -1.48. The first-order valence-corrected chi connectivity index (χ1v) is 6.23. The van der Waals surface area contributed by atoms with Gasteiger partial charge in [-0.1, -0.05) is 19.1 Å². The second-order valence-corrected chi connectivity index (χ2v) is 4.35. The quantitative estimate of drug-likeness (QED) is 0.856. The van der Waals surface area contributed by atoms with Gasteiger partial charge in [0.1, 0.15) is 0 Å². The number of rotatable bonds is 5. The van der Waals surface area contributed by atoms with Gasteiger partial charge >= 0.3 is 0 Å². The Kier molecular flexibility index (Phi) is 4.04. The van der Waals surface area contributed by atoms with E-state index in [1.165, 1.54) is 0 Å². The summed E-state index contributed by atoms with van der Waals surface area (Å²) >= 11 is 0. The Bertz CT molecular complexity index is 482. The highest BCUT2D eigenvalue weighted by Crippen LogP contribution is 2.10. The zero-order valence-corrected chi connectivity index (χ0v) is 10.5. The van der Waals surface area contributed by atoms with Crippen molar-refractivity contribution in [3.05, 3.63) is 36.2 Å². The summed E-state index contributed by atoms with van der Waals surface area (Å²) in [6.45, 7) is 5.36. The third-order valence-electron chi connectivity index (χ3n) is 2.88. The first kappa shape index (κ1) is 12.0. The zero-order chi connectivity index (χ0) is 12.1. The summed E-state index contributed by atoms with van der Waals surface area (Å²) < 4.78 is 0. The number of para-hydroxylation sites is 2. The van der Waals surface area contributed by atoms with Crippen LogP contribution in [-0.2, 0) is 6.42 Å². The van der Waals surface area contributed by atoms with E-state index in [1.54, 1.807) is 0 Å². The third kappa shape index (κ3) is 3.24. The second-order valence-electron chi connectivity index (χ2n) is 4.35. The van der Waals surface area contributed by atoms with Crippen molar-refractivity contribution >= 4 is 11.0 Å². The van der Waals surface area contributed by atoms with E-state index in [0.29, 0.717) is 6.04 Å². The number of hydrogen-bond donors (Lipinski definition) is 1. The Morgan fingerprint density at radius 2 is 2.00 bits per heavy atom. The molecule has 2 aromatic rings. The van der Waals surface area contributed by atoms with Crippen LogP contribution >= 0.6 is 0 Å². The maximum atomic E-state index is 4.62. The SMILES string of the molecule is CCNC(C)CCc1cnc2ccccc2n1. The summed E-state index contributed by atoms with van der Waals surface area (Å²) in [4.78, 5) is 9.04. The number of nitrogens with zero attached hydrogens (tertiary/aromatic N) is 2. The summed E-state index contributed by atoms with van der Waals surface area (Å²) in [5.74, 6) is 0. The molecule has 0 radical (unpaired) electrons. The van der Waals surface area contributed by atoms with Crippen LogP contribution in [0.3, 0.4) is 0 Å². The normalized spacial score (nSPS) is 12.8. The summed E-state index contributed by atoms with van der Waals surface area (Å²) in [6.07, 6.45) is 3.97. The van der Waals surface area contributed by atoms with Gasteiger partial charge in [0.2, 0.25) is 0 Å². The minimum Gasteiger partial charge on any atom is -0.315 e. The third-order valence-corrected chi connectivity index (χ3v) is 2.88. The molecule has 0 saturated heterocycles. The predicted molar refractivity (Wildman–Crippen MR) is 71.0 cm³/mol. The van der Waals surface area contributed by atoms with Gasteiger partial charge in [-0.3, -0.25) is 4.98 Å². The first-order chi connectivity index (χ1) is 8.29. The average Bonchev–Trinajstić information content (AvgIpc) is 2.36. The first-order valence-electron chi connectivity index (χ1n) is 6.23. The molecule has 2 rings (SSSR count). The Morgan fingerprint density at radius 3 is 2.76 bits per heavy atom. The monoisotopic (exact) mass is 229 g/mol. The van der Waals surface area contributed by atoms with Gasteiger partial charge in [0.05, 0.1) is 16.7 Å². The topological polar surface area (TPSA) is 37.8 Å². The van der Waals surface area contributed by atoms with E-state index < -0.39 is 0 Å². The largest absolute Gasteiger partial charge is 0.315 e. The van der Waals surface area contributed by atoms with E-state index in [9.17, 15) is 0 Å². The van der Waals surface area contributed by atoms with Gasteiger partial charge in [-0.25, -0.2) is 4.98 Å². The van der Waals surface area contributed by atoms with Gasteiger partial charge in [0, 0.05) is 12.2 Å². The smallest absolute Gasteiger partial charge is 0.0890 e. The van der Waals surface area contributed by atoms with Crippen molar-refractivity contribution in [1.29, 1.82) is 0 Å². The summed E-state index contributed by atoms with van der Waals surface area (Å²) in [7, 11) is 0. The van der Waals surface area contributed by atoms with E-state index >= 15 is 0 Å². The predicted octanol–water partition coefficient (Wildman–Crippen LogP) is 2.56. The molecule has 1 heterocycles. The van der Waals surface area contributed by atoms with E-state index in [-0.39, 0.29) is 0 Å². The number of hydrogen-bond acceptors (Lipinski definition) is 3. The molecule has 0 amide bonds. The molecule has 1 atom stereocenters. The molecule has 0 spiro atoms. The molecule has 0 bridgehead atoms. The molecule has 1 unspecified atom stereocenters. The molecule has 3 heteroatoms. The molecule has 0 aliphatic heterocycles. The highest BCUT2D eigenvalue weighted by molar-refractivity contribution is 5.73. The molecule has 1 N–H and O–H groups in total. The average molecular weight is 229 g/mol. The lowest BCUT2D eigenvalue weighted by Crippen LogP contribution is -2.26. The fourth-order valence-electron chi connectivity index (χ4n) is 1.93. The molecule has 90 valence electrons. The van der Waals surface area contributed by atoms with Crippen LogP contribution in [0.2, 0.25) is 0 Å². The highest BCUT2D eigenvalue weighted by Gasteiger charge is 2.03. The van der Waals surface area contributed by atoms with Crippen LogP contribution in [0.4, 0.5) is 0 Å². The van der Waals surface area contributed by atoms with Gasteiger partial charge in [-0.15, -0.1) is 0 Å². The van der Waals surface area contributed by atoms with Gasteiger partial charge in [0.15, 0.2) is 0 Å². The second kappa shape index (κ2) is 5.73. The maximum absolute atomic E-state index is 4.62. The maximum Gasteiger partial charge on any atom is 0.0890 e. The molecular formula is C14H19N3. The molecule has 0 aliphatic rings. The molecule has 1 aromatic heterocycles. The minimum absolute atomic E-state index is 0.535. The summed E-state index contributed by atoms with van der Waals surface area (Å²) in [5, 5.41) is 3.40. The lowest BCUT2D eigenvalue weighted by atomic mass is 10.1. The van der Waals surface area contributed by atoms with Gasteiger partial charge in [-0.05, 0) is 38.4 Å². The standard InChI is InChI=1S/C14H19N3/c1-3-15-11(2)8-9-12-10-16-13-6-4-5-7-14(13)17-12/h4-7,10-11,15H,3,8-9H2,1-2H3. The molecule has 0 fully saturated rings. The van der Waals surface area contributed by atoms with E-state index in [0.717, 1.165) is 36.1 Å². The van der Waals surface area contributed by atoms with Crippen LogP contribution < -0.4 is 5.32 Å². The van der Waals surface area contributed by atoms with Crippen LogP contribution in [0.1, 0.15) is 26.0 Å². The van der Waals surface area contributed by atoms with Crippen molar-refractivity contribution in [3.8, 4) is 0 Å². The Balaban J connectivity index is 2.04. The number of fused-ring (bicyclic) bond motifs is 1. The lowest BCUT2D eigenvalue weighted by Gasteiger charge is -2.11. The number of nitrogens with one attached hydrogen (secondary N) is 1. The van der Waals surface area contributed by atoms with Crippen molar-refractivity contribution in [2.45, 2.75) is 32.7 Å². The van der Waals surface area contributed by atoms with Crippen LogP contribution in [0, 0.1) is 0 Å². The molecule has 17 heavy (non-hydrogen) atoms. The van der Waals surface area contributed by atoms with Gasteiger partial charge in [0.25, 0.3) is 0 Å². The van der Waals surface area contributed by atoms with Crippen LogP contribution in [-0.4, -0.2) is 22.6 Å². The summed E-state index contributed by atoms with van der Waals surface area (Å²) in [5.41, 5.74) is 3.03. The van der Waals surface area contributed by atoms with Crippen molar-refractivity contribution in [2.75, 3.05) is 6.54 Å². The molecule has 0 saturated carbocycles. The molecule has 3 nitrogen and oxygen atoms in total. The summed E-state index contributed by atoms with van der Waals surface area (Å²) in [6, 6.07) is 8.53. The van der Waals surface area contributed by atoms with Gasteiger partial charge < -0.3 is 5.32 Å². The van der Waals surface area contributed by atoms with Crippen LogP contribution in [0.5, 0.6) is 0 Å². The highest BCUT2D eigenvalue weighted by atomic mass is 14.9. The fourth-order valence-corrected chi connectivity index (χ4v) is 1.93. The number of aromatic nitrogens is 2. The van der Waals surface area contributed by atoms with Crippen molar-refractivity contribution < 1.29 is 0 Å². The van der Waals surface area contributed by atoms with E-state index in [1.807, 2.05) is 30.5 Å². The van der Waals surface area contributed by atoms with Crippen molar-refractivity contribution in [3.63, 3.8) is 0 Å². The van der Waals surface area contributed by atoms with Crippen LogP contribution in [0.15, 0.2) is 30.5 Å². The molecule has 1 aromatic carbocycles. The Morgan fingerprint density at radius 1 is 1.24 bits per heavy atom.